The highest BCUT2D eigenvalue weighted by Gasteiger charge is 2.13. The Balaban J connectivity index is 2.30. The van der Waals surface area contributed by atoms with Crippen LogP contribution in [0.4, 0.5) is 5.69 Å². The average Bonchev–Trinajstić information content (AvgIpc) is 2.37. The lowest BCUT2D eigenvalue weighted by molar-refractivity contribution is -0.131. The lowest BCUT2D eigenvalue weighted by Gasteiger charge is -2.30. The number of aryl methyl sites for hydroxylation is 1. The topological polar surface area (TPSA) is 49.8 Å². The summed E-state index contributed by atoms with van der Waals surface area (Å²) in [6.45, 7) is 5.13. The second kappa shape index (κ2) is 5.69. The minimum Gasteiger partial charge on any atom is -0.478 e. The molecule has 18 heavy (non-hydrogen) atoms. The number of ether oxygens (including phenoxy) is 1. The zero-order valence-electron chi connectivity index (χ0n) is 10.4. The minimum atomic E-state index is -0.926. The van der Waals surface area contributed by atoms with Crippen molar-refractivity contribution in [1.29, 1.82) is 0 Å². The number of benzene rings is 1. The van der Waals surface area contributed by atoms with Crippen molar-refractivity contribution < 1.29 is 14.6 Å². The second-order valence-corrected chi connectivity index (χ2v) is 4.33. The Morgan fingerprint density at radius 2 is 2.11 bits per heavy atom. The number of carbonyl (C=O) groups is 1. The van der Waals surface area contributed by atoms with Crippen molar-refractivity contribution in [1.82, 2.24) is 0 Å². The SMILES string of the molecule is Cc1ccc(N2CCOCC2)c(/C=C/C(=O)O)c1. The van der Waals surface area contributed by atoms with Crippen LogP contribution in [0.5, 0.6) is 0 Å². The molecular weight excluding hydrogens is 230 g/mol. The predicted octanol–water partition coefficient (Wildman–Crippen LogP) is 1.93. The van der Waals surface area contributed by atoms with Crippen molar-refractivity contribution in [3.8, 4) is 0 Å². The van der Waals surface area contributed by atoms with E-state index in [0.29, 0.717) is 0 Å². The molecule has 1 N–H and O–H groups in total. The maximum atomic E-state index is 10.6. The Labute approximate surface area is 106 Å². The first-order valence-electron chi connectivity index (χ1n) is 6.01. The van der Waals surface area contributed by atoms with Crippen LogP contribution in [0.2, 0.25) is 0 Å². The number of hydrogen-bond donors (Lipinski definition) is 1. The predicted molar refractivity (Wildman–Crippen MR) is 70.9 cm³/mol. The minimum absolute atomic E-state index is 0.718. The first-order valence-corrected chi connectivity index (χ1v) is 6.01. The van der Waals surface area contributed by atoms with E-state index in [9.17, 15) is 4.79 Å². The van der Waals surface area contributed by atoms with Gasteiger partial charge in [0.05, 0.1) is 13.2 Å². The zero-order chi connectivity index (χ0) is 13.0. The van der Waals surface area contributed by atoms with Crippen molar-refractivity contribution in [3.63, 3.8) is 0 Å². The number of hydrogen-bond acceptors (Lipinski definition) is 3. The van der Waals surface area contributed by atoms with E-state index in [1.807, 2.05) is 25.1 Å². The van der Waals surface area contributed by atoms with Crippen LogP contribution in [0.1, 0.15) is 11.1 Å². The Morgan fingerprint density at radius 1 is 1.39 bits per heavy atom. The summed E-state index contributed by atoms with van der Waals surface area (Å²) in [4.78, 5) is 12.9. The van der Waals surface area contributed by atoms with Crippen molar-refractivity contribution >= 4 is 17.7 Å². The van der Waals surface area contributed by atoms with Crippen molar-refractivity contribution in [2.24, 2.45) is 0 Å². The Bertz CT molecular complexity index is 462. The van der Waals surface area contributed by atoms with Gasteiger partial charge in [0.2, 0.25) is 0 Å². The van der Waals surface area contributed by atoms with Crippen LogP contribution >= 0.6 is 0 Å². The van der Waals surface area contributed by atoms with Gasteiger partial charge >= 0.3 is 5.97 Å². The van der Waals surface area contributed by atoms with Gasteiger partial charge in [-0.1, -0.05) is 11.6 Å². The maximum Gasteiger partial charge on any atom is 0.328 e. The summed E-state index contributed by atoms with van der Waals surface area (Å²) in [5.74, 6) is -0.926. The molecule has 1 saturated heterocycles. The van der Waals surface area contributed by atoms with Crippen LogP contribution in [-0.4, -0.2) is 37.4 Å². The molecule has 1 aromatic carbocycles. The summed E-state index contributed by atoms with van der Waals surface area (Å²) in [6.07, 6.45) is 2.83. The molecule has 0 unspecified atom stereocenters. The molecule has 1 heterocycles. The number of aliphatic carboxylic acids is 1. The van der Waals surface area contributed by atoms with Crippen LogP contribution < -0.4 is 4.90 Å². The van der Waals surface area contributed by atoms with Gasteiger partial charge in [0.25, 0.3) is 0 Å². The molecule has 0 bridgehead atoms. The van der Waals surface area contributed by atoms with E-state index in [2.05, 4.69) is 4.90 Å². The van der Waals surface area contributed by atoms with Gasteiger partial charge in [-0.25, -0.2) is 4.79 Å². The van der Waals surface area contributed by atoms with Crippen LogP contribution in [0.3, 0.4) is 0 Å². The van der Waals surface area contributed by atoms with Crippen LogP contribution in [-0.2, 0) is 9.53 Å². The van der Waals surface area contributed by atoms with Gasteiger partial charge in [0.15, 0.2) is 0 Å². The van der Waals surface area contributed by atoms with Crippen molar-refractivity contribution in [2.45, 2.75) is 6.92 Å². The molecule has 4 heteroatoms. The molecular formula is C14H17NO3. The highest BCUT2D eigenvalue weighted by atomic mass is 16.5. The molecule has 0 saturated carbocycles. The number of anilines is 1. The van der Waals surface area contributed by atoms with Gasteiger partial charge in [-0.05, 0) is 30.7 Å². The molecule has 1 aromatic rings. The van der Waals surface area contributed by atoms with Crippen molar-refractivity contribution in [2.75, 3.05) is 31.2 Å². The fourth-order valence-corrected chi connectivity index (χ4v) is 2.06. The quantitative estimate of drug-likeness (QED) is 0.829. The number of morpholine rings is 1. The van der Waals surface area contributed by atoms with E-state index in [-0.39, 0.29) is 0 Å². The number of carboxylic acids is 1. The third-order valence-electron chi connectivity index (χ3n) is 2.94. The maximum absolute atomic E-state index is 10.6. The fraction of sp³-hybridized carbons (Fsp3) is 0.357. The van der Waals surface area contributed by atoms with E-state index in [1.165, 1.54) is 6.08 Å². The standard InChI is InChI=1S/C14H17NO3/c1-11-2-4-13(15-6-8-18-9-7-15)12(10-11)3-5-14(16)17/h2-5,10H,6-9H2,1H3,(H,16,17)/b5-3+. The molecule has 96 valence electrons. The molecule has 1 aliphatic heterocycles. The molecule has 0 aliphatic carbocycles. The zero-order valence-corrected chi connectivity index (χ0v) is 10.4. The molecule has 1 fully saturated rings. The summed E-state index contributed by atoms with van der Waals surface area (Å²) >= 11 is 0. The fourth-order valence-electron chi connectivity index (χ4n) is 2.06. The van der Waals surface area contributed by atoms with Gasteiger partial charge < -0.3 is 14.7 Å². The lowest BCUT2D eigenvalue weighted by Crippen LogP contribution is -2.36. The summed E-state index contributed by atoms with van der Waals surface area (Å²) < 4.78 is 5.33. The first kappa shape index (κ1) is 12.6. The largest absolute Gasteiger partial charge is 0.478 e. The smallest absolute Gasteiger partial charge is 0.328 e. The molecule has 0 amide bonds. The molecule has 0 radical (unpaired) electrons. The number of rotatable bonds is 3. The summed E-state index contributed by atoms with van der Waals surface area (Å²) in [5.41, 5.74) is 3.14. The van der Waals surface area contributed by atoms with E-state index in [4.69, 9.17) is 9.84 Å². The molecule has 0 aromatic heterocycles. The molecule has 0 atom stereocenters. The Hall–Kier alpha value is -1.81. The van der Waals surface area contributed by atoms with E-state index < -0.39 is 5.97 Å². The van der Waals surface area contributed by atoms with Gasteiger partial charge in [0.1, 0.15) is 0 Å². The normalized spacial score (nSPS) is 16.2. The van der Waals surface area contributed by atoms with E-state index in [0.717, 1.165) is 43.1 Å². The lowest BCUT2D eigenvalue weighted by atomic mass is 10.1. The van der Waals surface area contributed by atoms with Gasteiger partial charge in [-0.2, -0.15) is 0 Å². The molecule has 2 rings (SSSR count). The van der Waals surface area contributed by atoms with Crippen molar-refractivity contribution in [3.05, 3.63) is 35.4 Å². The highest BCUT2D eigenvalue weighted by Crippen LogP contribution is 2.24. The molecule has 4 nitrogen and oxygen atoms in total. The first-order chi connectivity index (χ1) is 8.66. The van der Waals surface area contributed by atoms with Gasteiger partial charge in [-0.3, -0.25) is 0 Å². The second-order valence-electron chi connectivity index (χ2n) is 4.33. The Kier molecular flexibility index (Phi) is 3.99. The van der Waals surface area contributed by atoms with Gasteiger partial charge in [0, 0.05) is 24.9 Å². The van der Waals surface area contributed by atoms with Crippen LogP contribution in [0.25, 0.3) is 6.08 Å². The average molecular weight is 247 g/mol. The molecule has 1 aliphatic rings. The summed E-state index contributed by atoms with van der Waals surface area (Å²) in [7, 11) is 0. The summed E-state index contributed by atoms with van der Waals surface area (Å²) in [5, 5.41) is 8.72. The highest BCUT2D eigenvalue weighted by molar-refractivity contribution is 5.87. The monoisotopic (exact) mass is 247 g/mol. The Morgan fingerprint density at radius 3 is 2.78 bits per heavy atom. The van der Waals surface area contributed by atoms with Gasteiger partial charge in [-0.15, -0.1) is 0 Å². The van der Waals surface area contributed by atoms with E-state index >= 15 is 0 Å². The molecule has 0 spiro atoms. The summed E-state index contributed by atoms with van der Waals surface area (Å²) in [6, 6.07) is 6.09. The number of carboxylic acid groups (broad SMARTS) is 1. The third-order valence-corrected chi connectivity index (χ3v) is 2.94. The third kappa shape index (κ3) is 3.11. The van der Waals surface area contributed by atoms with Crippen LogP contribution in [0, 0.1) is 6.92 Å². The number of nitrogens with zero attached hydrogens (tertiary/aromatic N) is 1. The van der Waals surface area contributed by atoms with E-state index in [1.54, 1.807) is 6.08 Å². The van der Waals surface area contributed by atoms with Crippen LogP contribution in [0.15, 0.2) is 24.3 Å².